The first kappa shape index (κ1) is 10.8. The summed E-state index contributed by atoms with van der Waals surface area (Å²) in [6, 6.07) is 3.27. The number of carboxylic acid groups (broad SMARTS) is 1. The Morgan fingerprint density at radius 3 is 2.79 bits per heavy atom. The molecule has 0 saturated heterocycles. The first-order valence-corrected chi connectivity index (χ1v) is 4.33. The second kappa shape index (κ2) is 4.28. The Bertz CT molecular complexity index is 357. The van der Waals surface area contributed by atoms with E-state index in [9.17, 15) is 9.18 Å². The van der Waals surface area contributed by atoms with Crippen LogP contribution in [0.1, 0.15) is 6.92 Å². The normalized spacial score (nSPS) is 12.2. The van der Waals surface area contributed by atoms with E-state index in [2.05, 4.69) is 5.32 Å². The van der Waals surface area contributed by atoms with Crippen molar-refractivity contribution in [3.05, 3.63) is 29.0 Å². The zero-order valence-corrected chi connectivity index (χ0v) is 8.18. The summed E-state index contributed by atoms with van der Waals surface area (Å²) >= 11 is 5.46. The maximum atomic E-state index is 12.9. The molecule has 1 aromatic rings. The lowest BCUT2D eigenvalue weighted by molar-refractivity contribution is -0.137. The van der Waals surface area contributed by atoms with E-state index < -0.39 is 17.8 Å². The first-order valence-electron chi connectivity index (χ1n) is 3.95. The van der Waals surface area contributed by atoms with E-state index in [1.807, 2.05) is 0 Å². The maximum absolute atomic E-state index is 12.9. The Morgan fingerprint density at radius 2 is 2.29 bits per heavy atom. The third-order valence-corrected chi connectivity index (χ3v) is 1.98. The SMILES string of the molecule is CC(Nc1ccc(Cl)c(F)c1)C(=O)O. The van der Waals surface area contributed by atoms with Gasteiger partial charge in [-0.05, 0) is 25.1 Å². The summed E-state index contributed by atoms with van der Waals surface area (Å²) in [7, 11) is 0. The van der Waals surface area contributed by atoms with Gasteiger partial charge in [-0.15, -0.1) is 0 Å². The van der Waals surface area contributed by atoms with E-state index >= 15 is 0 Å². The standard InChI is InChI=1S/C9H9ClFNO2/c1-5(9(13)14)12-6-2-3-7(10)8(11)4-6/h2-5,12H,1H3,(H,13,14). The molecule has 0 spiro atoms. The van der Waals surface area contributed by atoms with Crippen molar-refractivity contribution in [3.8, 4) is 0 Å². The Hall–Kier alpha value is -1.29. The summed E-state index contributed by atoms with van der Waals surface area (Å²) < 4.78 is 12.9. The molecule has 76 valence electrons. The predicted molar refractivity (Wildman–Crippen MR) is 52.1 cm³/mol. The Labute approximate surface area is 85.5 Å². The van der Waals surface area contributed by atoms with Crippen LogP contribution in [0, 0.1) is 5.82 Å². The van der Waals surface area contributed by atoms with Crippen LogP contribution in [0.5, 0.6) is 0 Å². The molecular weight excluding hydrogens is 209 g/mol. The summed E-state index contributed by atoms with van der Waals surface area (Å²) in [6.07, 6.45) is 0. The highest BCUT2D eigenvalue weighted by atomic mass is 35.5. The molecular formula is C9H9ClFNO2. The van der Waals surface area contributed by atoms with E-state index in [0.29, 0.717) is 5.69 Å². The average molecular weight is 218 g/mol. The van der Waals surface area contributed by atoms with Crippen LogP contribution < -0.4 is 5.32 Å². The lowest BCUT2D eigenvalue weighted by Crippen LogP contribution is -2.25. The molecule has 1 unspecified atom stereocenters. The van der Waals surface area contributed by atoms with Gasteiger partial charge < -0.3 is 10.4 Å². The molecule has 0 bridgehead atoms. The molecule has 0 amide bonds. The Morgan fingerprint density at radius 1 is 1.64 bits per heavy atom. The van der Waals surface area contributed by atoms with Gasteiger partial charge in [0.25, 0.3) is 0 Å². The molecule has 0 saturated carbocycles. The molecule has 1 rings (SSSR count). The van der Waals surface area contributed by atoms with Crippen molar-refractivity contribution in [3.63, 3.8) is 0 Å². The summed E-state index contributed by atoms with van der Waals surface area (Å²) in [6.45, 7) is 1.47. The van der Waals surface area contributed by atoms with Gasteiger partial charge in [-0.25, -0.2) is 4.39 Å². The fraction of sp³-hybridized carbons (Fsp3) is 0.222. The van der Waals surface area contributed by atoms with Crippen LogP contribution in [0.4, 0.5) is 10.1 Å². The molecule has 5 heteroatoms. The monoisotopic (exact) mass is 217 g/mol. The maximum Gasteiger partial charge on any atom is 0.325 e. The van der Waals surface area contributed by atoms with E-state index in [4.69, 9.17) is 16.7 Å². The average Bonchev–Trinajstić information content (AvgIpc) is 2.11. The van der Waals surface area contributed by atoms with Gasteiger partial charge in [0.05, 0.1) is 5.02 Å². The second-order valence-electron chi connectivity index (χ2n) is 2.83. The number of hydrogen-bond acceptors (Lipinski definition) is 2. The topological polar surface area (TPSA) is 49.3 Å². The van der Waals surface area contributed by atoms with Crippen LogP contribution in [0.25, 0.3) is 0 Å². The molecule has 3 nitrogen and oxygen atoms in total. The lowest BCUT2D eigenvalue weighted by Gasteiger charge is -2.10. The summed E-state index contributed by atoms with van der Waals surface area (Å²) in [5, 5.41) is 11.2. The highest BCUT2D eigenvalue weighted by Crippen LogP contribution is 2.19. The van der Waals surface area contributed by atoms with Crippen molar-refractivity contribution >= 4 is 23.3 Å². The van der Waals surface area contributed by atoms with Gasteiger partial charge in [-0.1, -0.05) is 11.6 Å². The molecule has 2 N–H and O–H groups in total. The zero-order chi connectivity index (χ0) is 10.7. The number of anilines is 1. The number of carbonyl (C=O) groups is 1. The minimum absolute atomic E-state index is 0.0125. The van der Waals surface area contributed by atoms with Crippen LogP contribution in [0.15, 0.2) is 18.2 Å². The van der Waals surface area contributed by atoms with Crippen molar-refractivity contribution in [2.75, 3.05) is 5.32 Å². The fourth-order valence-electron chi connectivity index (χ4n) is 0.898. The highest BCUT2D eigenvalue weighted by molar-refractivity contribution is 6.30. The van der Waals surface area contributed by atoms with Gasteiger partial charge in [-0.3, -0.25) is 4.79 Å². The van der Waals surface area contributed by atoms with Gasteiger partial charge in [0.15, 0.2) is 0 Å². The fourth-order valence-corrected chi connectivity index (χ4v) is 1.02. The summed E-state index contributed by atoms with van der Waals surface area (Å²) in [5.41, 5.74) is 0.391. The van der Waals surface area contributed by atoms with Crippen LogP contribution in [-0.4, -0.2) is 17.1 Å². The van der Waals surface area contributed by atoms with E-state index in [1.165, 1.54) is 19.1 Å². The number of carboxylic acids is 1. The first-order chi connectivity index (χ1) is 6.50. The highest BCUT2D eigenvalue weighted by Gasteiger charge is 2.10. The van der Waals surface area contributed by atoms with Crippen LogP contribution in [-0.2, 0) is 4.79 Å². The molecule has 0 aliphatic carbocycles. The zero-order valence-electron chi connectivity index (χ0n) is 7.42. The quantitative estimate of drug-likeness (QED) is 0.817. The largest absolute Gasteiger partial charge is 0.480 e. The second-order valence-corrected chi connectivity index (χ2v) is 3.24. The van der Waals surface area contributed by atoms with Crippen molar-refractivity contribution < 1.29 is 14.3 Å². The van der Waals surface area contributed by atoms with Crippen molar-refractivity contribution in [1.82, 2.24) is 0 Å². The van der Waals surface area contributed by atoms with Crippen LogP contribution in [0.2, 0.25) is 5.02 Å². The smallest absolute Gasteiger partial charge is 0.325 e. The number of nitrogens with one attached hydrogen (secondary N) is 1. The van der Waals surface area contributed by atoms with Gasteiger partial charge in [0.2, 0.25) is 0 Å². The van der Waals surface area contributed by atoms with Crippen molar-refractivity contribution in [2.45, 2.75) is 13.0 Å². The van der Waals surface area contributed by atoms with Gasteiger partial charge in [0.1, 0.15) is 11.9 Å². The van der Waals surface area contributed by atoms with Crippen molar-refractivity contribution in [1.29, 1.82) is 0 Å². The number of halogens is 2. The molecule has 0 aromatic heterocycles. The number of aliphatic carboxylic acids is 1. The lowest BCUT2D eigenvalue weighted by atomic mass is 10.2. The molecule has 0 fully saturated rings. The summed E-state index contributed by atoms with van der Waals surface area (Å²) in [4.78, 5) is 10.5. The third kappa shape index (κ3) is 2.60. The van der Waals surface area contributed by atoms with Crippen LogP contribution in [0.3, 0.4) is 0 Å². The minimum Gasteiger partial charge on any atom is -0.480 e. The molecule has 14 heavy (non-hydrogen) atoms. The van der Waals surface area contributed by atoms with E-state index in [1.54, 1.807) is 0 Å². The molecule has 1 atom stereocenters. The molecule has 0 aliphatic rings. The Balaban J connectivity index is 2.78. The van der Waals surface area contributed by atoms with Gasteiger partial charge in [0, 0.05) is 5.69 Å². The van der Waals surface area contributed by atoms with E-state index in [0.717, 1.165) is 6.07 Å². The summed E-state index contributed by atoms with van der Waals surface area (Å²) in [5.74, 6) is -1.57. The Kier molecular flexibility index (Phi) is 3.30. The molecule has 0 heterocycles. The van der Waals surface area contributed by atoms with Crippen LogP contribution >= 0.6 is 11.6 Å². The molecule has 0 aliphatic heterocycles. The molecule has 0 radical (unpaired) electrons. The van der Waals surface area contributed by atoms with Crippen molar-refractivity contribution in [2.24, 2.45) is 0 Å². The molecule has 1 aromatic carbocycles. The third-order valence-electron chi connectivity index (χ3n) is 1.67. The number of benzene rings is 1. The van der Waals surface area contributed by atoms with Gasteiger partial charge >= 0.3 is 5.97 Å². The number of hydrogen-bond donors (Lipinski definition) is 2. The minimum atomic E-state index is -1.000. The predicted octanol–water partition coefficient (Wildman–Crippen LogP) is 2.36. The number of rotatable bonds is 3. The van der Waals surface area contributed by atoms with Gasteiger partial charge in [-0.2, -0.15) is 0 Å². The van der Waals surface area contributed by atoms with E-state index in [-0.39, 0.29) is 5.02 Å².